The summed E-state index contributed by atoms with van der Waals surface area (Å²) < 4.78 is 11.4. The second-order valence-corrected chi connectivity index (χ2v) is 5.95. The molecule has 0 amide bonds. The number of rotatable bonds is 3. The molecule has 0 aliphatic heterocycles. The summed E-state index contributed by atoms with van der Waals surface area (Å²) in [6, 6.07) is 13.7. The number of fused-ring (bicyclic) bond motifs is 1. The van der Waals surface area contributed by atoms with Gasteiger partial charge in [-0.2, -0.15) is 0 Å². The van der Waals surface area contributed by atoms with Gasteiger partial charge < -0.3 is 9.15 Å². The Hall–Kier alpha value is -3.18. The van der Waals surface area contributed by atoms with Crippen LogP contribution in [0.4, 0.5) is 0 Å². The van der Waals surface area contributed by atoms with Gasteiger partial charge in [0.2, 0.25) is 0 Å². The zero-order valence-electron chi connectivity index (χ0n) is 13.8. The minimum absolute atomic E-state index is 0.179. The topological polar surface area (TPSA) is 65.2 Å². The molecular formula is C20H13ClN2O3. The third-order valence-corrected chi connectivity index (χ3v) is 4.31. The average Bonchev–Trinajstić information content (AvgIpc) is 2.68. The first kappa shape index (κ1) is 16.3. The van der Waals surface area contributed by atoms with E-state index in [9.17, 15) is 4.79 Å². The number of hydrogen-bond acceptors (Lipinski definition) is 5. The van der Waals surface area contributed by atoms with Crippen molar-refractivity contribution < 1.29 is 9.15 Å². The maximum atomic E-state index is 12.6. The van der Waals surface area contributed by atoms with Crippen LogP contribution in [-0.2, 0) is 0 Å². The number of pyridine rings is 2. The van der Waals surface area contributed by atoms with Crippen LogP contribution in [0.3, 0.4) is 0 Å². The molecular weight excluding hydrogens is 352 g/mol. The Bertz CT molecular complexity index is 1160. The predicted molar refractivity (Wildman–Crippen MR) is 101 cm³/mol. The molecule has 0 aliphatic rings. The highest BCUT2D eigenvalue weighted by molar-refractivity contribution is 6.34. The Kier molecular flexibility index (Phi) is 4.14. The molecule has 6 heteroatoms. The van der Waals surface area contributed by atoms with E-state index >= 15 is 0 Å². The number of benzene rings is 1. The van der Waals surface area contributed by atoms with Crippen LogP contribution in [0.1, 0.15) is 0 Å². The Morgan fingerprint density at radius 3 is 2.69 bits per heavy atom. The fourth-order valence-corrected chi connectivity index (χ4v) is 3.05. The van der Waals surface area contributed by atoms with Gasteiger partial charge in [-0.3, -0.25) is 14.8 Å². The maximum absolute atomic E-state index is 12.6. The summed E-state index contributed by atoms with van der Waals surface area (Å²) in [5.74, 6) is 0.909. The minimum Gasteiger partial charge on any atom is -0.496 e. The van der Waals surface area contributed by atoms with E-state index in [1.54, 1.807) is 55.9 Å². The quantitative estimate of drug-likeness (QED) is 0.532. The number of hydrogen-bond donors (Lipinski definition) is 0. The number of ether oxygens (including phenoxy) is 1. The van der Waals surface area contributed by atoms with E-state index in [0.717, 1.165) is 0 Å². The summed E-state index contributed by atoms with van der Waals surface area (Å²) in [7, 11) is 1.55. The van der Waals surface area contributed by atoms with Crippen LogP contribution in [0.15, 0.2) is 70.1 Å². The number of methoxy groups -OCH3 is 1. The van der Waals surface area contributed by atoms with Crippen molar-refractivity contribution in [2.75, 3.05) is 7.11 Å². The summed E-state index contributed by atoms with van der Waals surface area (Å²) in [6.07, 6.45) is 3.19. The highest BCUT2D eigenvalue weighted by Gasteiger charge is 2.18. The van der Waals surface area contributed by atoms with Crippen molar-refractivity contribution in [3.05, 3.63) is 76.2 Å². The summed E-state index contributed by atoms with van der Waals surface area (Å²) in [5.41, 5.74) is 1.74. The lowest BCUT2D eigenvalue weighted by molar-refractivity contribution is 0.416. The van der Waals surface area contributed by atoms with E-state index in [2.05, 4.69) is 9.97 Å². The molecule has 26 heavy (non-hydrogen) atoms. The van der Waals surface area contributed by atoms with E-state index in [4.69, 9.17) is 20.8 Å². The maximum Gasteiger partial charge on any atom is 0.193 e. The highest BCUT2D eigenvalue weighted by Crippen LogP contribution is 2.38. The normalized spacial score (nSPS) is 10.8. The van der Waals surface area contributed by atoms with Crippen LogP contribution in [0, 0.1) is 0 Å². The lowest BCUT2D eigenvalue weighted by Gasteiger charge is -2.11. The van der Waals surface area contributed by atoms with Gasteiger partial charge in [-0.05, 0) is 30.3 Å². The lowest BCUT2D eigenvalue weighted by atomic mass is 10.1. The van der Waals surface area contributed by atoms with Crippen molar-refractivity contribution in [1.29, 1.82) is 0 Å². The van der Waals surface area contributed by atoms with Gasteiger partial charge in [0.15, 0.2) is 16.8 Å². The first-order valence-corrected chi connectivity index (χ1v) is 8.24. The fraction of sp³-hybridized carbons (Fsp3) is 0.0500. The molecule has 0 fully saturated rings. The highest BCUT2D eigenvalue weighted by atomic mass is 35.5. The van der Waals surface area contributed by atoms with Gasteiger partial charge in [-0.25, -0.2) is 0 Å². The third-order valence-electron chi connectivity index (χ3n) is 3.99. The molecule has 0 unspecified atom stereocenters. The molecule has 4 rings (SSSR count). The first-order valence-electron chi connectivity index (χ1n) is 7.86. The second kappa shape index (κ2) is 6.61. The fourth-order valence-electron chi connectivity index (χ4n) is 2.80. The molecule has 0 aliphatic carbocycles. The predicted octanol–water partition coefficient (Wildman–Crippen LogP) is 4.58. The van der Waals surface area contributed by atoms with Crippen molar-refractivity contribution >= 4 is 22.6 Å². The van der Waals surface area contributed by atoms with Crippen LogP contribution in [-0.4, -0.2) is 17.1 Å². The van der Waals surface area contributed by atoms with E-state index in [1.807, 2.05) is 6.07 Å². The number of aromatic nitrogens is 2. The van der Waals surface area contributed by atoms with Gasteiger partial charge in [0.25, 0.3) is 0 Å². The SMILES string of the molecule is COc1cccc(Cl)c1-c1nccc2c(=O)cc(-c3ccccn3)oc12. The molecule has 4 aromatic rings. The molecule has 0 spiro atoms. The molecule has 1 aromatic carbocycles. The molecule has 0 saturated carbocycles. The van der Waals surface area contributed by atoms with Gasteiger partial charge in [0, 0.05) is 18.5 Å². The van der Waals surface area contributed by atoms with Crippen LogP contribution in [0.25, 0.3) is 33.7 Å². The van der Waals surface area contributed by atoms with Crippen LogP contribution >= 0.6 is 11.6 Å². The smallest absolute Gasteiger partial charge is 0.193 e. The van der Waals surface area contributed by atoms with Crippen LogP contribution in [0.2, 0.25) is 5.02 Å². The van der Waals surface area contributed by atoms with Crippen LogP contribution < -0.4 is 10.2 Å². The largest absolute Gasteiger partial charge is 0.496 e. The second-order valence-electron chi connectivity index (χ2n) is 5.54. The van der Waals surface area contributed by atoms with E-state index in [1.165, 1.54) is 6.07 Å². The lowest BCUT2D eigenvalue weighted by Crippen LogP contribution is -2.03. The number of halogens is 1. The molecule has 5 nitrogen and oxygen atoms in total. The molecule has 0 N–H and O–H groups in total. The van der Waals surface area contributed by atoms with Crippen molar-refractivity contribution in [1.82, 2.24) is 9.97 Å². The Morgan fingerprint density at radius 2 is 1.92 bits per heavy atom. The van der Waals surface area contributed by atoms with Gasteiger partial charge in [0.05, 0.1) is 23.1 Å². The van der Waals surface area contributed by atoms with Gasteiger partial charge in [-0.15, -0.1) is 0 Å². The van der Waals surface area contributed by atoms with Crippen LogP contribution in [0.5, 0.6) is 5.75 Å². The average molecular weight is 365 g/mol. The first-order chi connectivity index (χ1) is 12.7. The summed E-state index contributed by atoms with van der Waals surface area (Å²) in [4.78, 5) is 21.3. The summed E-state index contributed by atoms with van der Waals surface area (Å²) in [6.45, 7) is 0. The molecule has 3 aromatic heterocycles. The van der Waals surface area contributed by atoms with Gasteiger partial charge in [0.1, 0.15) is 17.1 Å². The van der Waals surface area contributed by atoms with Crippen molar-refractivity contribution in [2.24, 2.45) is 0 Å². The van der Waals surface area contributed by atoms with Crippen molar-refractivity contribution in [2.45, 2.75) is 0 Å². The molecule has 0 saturated heterocycles. The zero-order valence-corrected chi connectivity index (χ0v) is 14.5. The molecule has 0 bridgehead atoms. The molecule has 3 heterocycles. The minimum atomic E-state index is -0.179. The van der Waals surface area contributed by atoms with Gasteiger partial charge in [-0.1, -0.05) is 23.7 Å². The summed E-state index contributed by atoms with van der Waals surface area (Å²) in [5, 5.41) is 0.867. The van der Waals surface area contributed by atoms with Gasteiger partial charge >= 0.3 is 0 Å². The van der Waals surface area contributed by atoms with E-state index in [0.29, 0.717) is 44.5 Å². The Labute approximate surface area is 153 Å². The summed E-state index contributed by atoms with van der Waals surface area (Å²) >= 11 is 6.39. The Morgan fingerprint density at radius 1 is 1.04 bits per heavy atom. The van der Waals surface area contributed by atoms with E-state index < -0.39 is 0 Å². The zero-order chi connectivity index (χ0) is 18.1. The number of nitrogens with zero attached hydrogens (tertiary/aromatic N) is 2. The Balaban J connectivity index is 2.06. The standard InChI is InChI=1S/C20H13ClN2O3/c1-25-16-7-4-5-13(21)18(16)19-20-12(8-10-23-19)15(24)11-17(26-20)14-6-2-3-9-22-14/h2-11H,1H3. The monoisotopic (exact) mass is 364 g/mol. The van der Waals surface area contributed by atoms with E-state index in [-0.39, 0.29) is 5.43 Å². The molecule has 0 radical (unpaired) electrons. The molecule has 128 valence electrons. The molecule has 0 atom stereocenters. The van der Waals surface area contributed by atoms with Crippen molar-refractivity contribution in [3.63, 3.8) is 0 Å². The third kappa shape index (κ3) is 2.72. The van der Waals surface area contributed by atoms with Crippen molar-refractivity contribution in [3.8, 4) is 28.5 Å².